The van der Waals surface area contributed by atoms with E-state index in [0.29, 0.717) is 13.0 Å². The van der Waals surface area contributed by atoms with Crippen molar-refractivity contribution in [3.63, 3.8) is 0 Å². The van der Waals surface area contributed by atoms with Crippen molar-refractivity contribution in [3.8, 4) is 0 Å². The minimum absolute atomic E-state index is 0.0173. The molecule has 1 unspecified atom stereocenters. The van der Waals surface area contributed by atoms with Crippen molar-refractivity contribution < 1.29 is 23.1 Å². The maximum Gasteiger partial charge on any atom is 0.323 e. The summed E-state index contributed by atoms with van der Waals surface area (Å²) in [6.07, 6.45) is 1.18. The zero-order chi connectivity index (χ0) is 14.5. The lowest BCUT2D eigenvalue weighted by atomic mass is 10.2. The molecule has 1 heterocycles. The molecule has 1 rings (SSSR count). The molecule has 19 heavy (non-hydrogen) atoms. The van der Waals surface area contributed by atoms with Crippen LogP contribution in [-0.2, 0) is 19.4 Å². The SMILES string of the molecule is CCCNCC(=O)N(CC(=O)O)C1CCS(=O)(=O)C1. The van der Waals surface area contributed by atoms with E-state index in [1.165, 1.54) is 0 Å². The summed E-state index contributed by atoms with van der Waals surface area (Å²) in [4.78, 5) is 23.9. The summed E-state index contributed by atoms with van der Waals surface area (Å²) >= 11 is 0. The van der Waals surface area contributed by atoms with E-state index in [1.54, 1.807) is 0 Å². The Balaban J connectivity index is 2.66. The van der Waals surface area contributed by atoms with E-state index < -0.39 is 28.4 Å². The van der Waals surface area contributed by atoms with Crippen LogP contribution in [0.25, 0.3) is 0 Å². The van der Waals surface area contributed by atoms with E-state index in [9.17, 15) is 18.0 Å². The second-order valence-corrected chi connectivity index (χ2v) is 6.88. The Bertz CT molecular complexity index is 434. The molecule has 1 atom stereocenters. The Hall–Kier alpha value is -1.15. The van der Waals surface area contributed by atoms with Crippen molar-refractivity contribution in [2.24, 2.45) is 0 Å². The number of nitrogens with zero attached hydrogens (tertiary/aromatic N) is 1. The highest BCUT2D eigenvalue weighted by Gasteiger charge is 2.35. The van der Waals surface area contributed by atoms with Crippen molar-refractivity contribution >= 4 is 21.7 Å². The number of nitrogens with one attached hydrogen (secondary N) is 1. The summed E-state index contributed by atoms with van der Waals surface area (Å²) in [6.45, 7) is 2.20. The third-order valence-corrected chi connectivity index (χ3v) is 4.73. The molecule has 0 saturated carbocycles. The zero-order valence-corrected chi connectivity index (χ0v) is 11.8. The van der Waals surface area contributed by atoms with Gasteiger partial charge in [-0.1, -0.05) is 6.92 Å². The quantitative estimate of drug-likeness (QED) is 0.589. The van der Waals surface area contributed by atoms with Gasteiger partial charge in [-0.05, 0) is 19.4 Å². The van der Waals surface area contributed by atoms with Crippen LogP contribution < -0.4 is 5.32 Å². The Morgan fingerprint density at radius 1 is 1.42 bits per heavy atom. The predicted octanol–water partition coefficient (Wildman–Crippen LogP) is -0.914. The molecule has 0 bridgehead atoms. The fraction of sp³-hybridized carbons (Fsp3) is 0.818. The van der Waals surface area contributed by atoms with E-state index >= 15 is 0 Å². The van der Waals surface area contributed by atoms with Gasteiger partial charge in [0.1, 0.15) is 6.54 Å². The number of carboxylic acids is 1. The van der Waals surface area contributed by atoms with Gasteiger partial charge < -0.3 is 15.3 Å². The molecule has 8 heteroatoms. The average Bonchev–Trinajstić information content (AvgIpc) is 2.66. The number of carbonyl (C=O) groups excluding carboxylic acids is 1. The lowest BCUT2D eigenvalue weighted by molar-refractivity contribution is -0.145. The molecular weight excluding hydrogens is 272 g/mol. The van der Waals surface area contributed by atoms with Crippen molar-refractivity contribution in [1.82, 2.24) is 10.2 Å². The van der Waals surface area contributed by atoms with Gasteiger partial charge in [-0.2, -0.15) is 0 Å². The number of aliphatic carboxylic acids is 1. The molecule has 1 aliphatic rings. The summed E-state index contributed by atoms with van der Waals surface area (Å²) < 4.78 is 22.8. The fourth-order valence-electron chi connectivity index (χ4n) is 2.06. The molecule has 1 fully saturated rings. The lowest BCUT2D eigenvalue weighted by Gasteiger charge is -2.26. The number of rotatable bonds is 7. The van der Waals surface area contributed by atoms with E-state index in [4.69, 9.17) is 5.11 Å². The molecule has 7 nitrogen and oxygen atoms in total. The van der Waals surface area contributed by atoms with Gasteiger partial charge in [0, 0.05) is 6.04 Å². The first-order valence-electron chi connectivity index (χ1n) is 6.28. The Morgan fingerprint density at radius 2 is 2.11 bits per heavy atom. The van der Waals surface area contributed by atoms with Crippen molar-refractivity contribution in [1.29, 1.82) is 0 Å². The van der Waals surface area contributed by atoms with Crippen LogP contribution in [0.2, 0.25) is 0 Å². The predicted molar refractivity (Wildman–Crippen MR) is 69.6 cm³/mol. The molecule has 2 N–H and O–H groups in total. The third-order valence-electron chi connectivity index (χ3n) is 2.98. The van der Waals surface area contributed by atoms with Crippen molar-refractivity contribution in [2.45, 2.75) is 25.8 Å². The van der Waals surface area contributed by atoms with Gasteiger partial charge in [-0.3, -0.25) is 9.59 Å². The van der Waals surface area contributed by atoms with Crippen LogP contribution in [0, 0.1) is 0 Å². The first-order chi connectivity index (χ1) is 8.85. The molecule has 0 aromatic carbocycles. The summed E-state index contributed by atoms with van der Waals surface area (Å²) in [5.74, 6) is -1.62. The van der Waals surface area contributed by atoms with Gasteiger partial charge in [0.25, 0.3) is 0 Å². The van der Waals surface area contributed by atoms with Gasteiger partial charge in [0.2, 0.25) is 5.91 Å². The molecule has 110 valence electrons. The maximum atomic E-state index is 12.0. The standard InChI is InChI=1S/C11H20N2O5S/c1-2-4-12-6-10(14)13(7-11(15)16)9-3-5-19(17,18)8-9/h9,12H,2-8H2,1H3,(H,15,16). The monoisotopic (exact) mass is 292 g/mol. The van der Waals surface area contributed by atoms with Crippen LogP contribution in [0.5, 0.6) is 0 Å². The van der Waals surface area contributed by atoms with Crippen molar-refractivity contribution in [3.05, 3.63) is 0 Å². The summed E-state index contributed by atoms with van der Waals surface area (Å²) in [5.41, 5.74) is 0. The van der Waals surface area contributed by atoms with Gasteiger partial charge in [0.05, 0.1) is 18.1 Å². The molecular formula is C11H20N2O5S. The van der Waals surface area contributed by atoms with Crippen LogP contribution >= 0.6 is 0 Å². The van der Waals surface area contributed by atoms with Crippen LogP contribution in [0.1, 0.15) is 19.8 Å². The Kier molecular flexibility index (Phi) is 5.74. The molecule has 0 spiro atoms. The van der Waals surface area contributed by atoms with Crippen molar-refractivity contribution in [2.75, 3.05) is 31.1 Å². The minimum Gasteiger partial charge on any atom is -0.480 e. The summed E-state index contributed by atoms with van der Waals surface area (Å²) in [7, 11) is -3.14. The highest BCUT2D eigenvalue weighted by molar-refractivity contribution is 7.91. The Labute approximate surface area is 112 Å². The lowest BCUT2D eigenvalue weighted by Crippen LogP contribution is -2.47. The van der Waals surface area contributed by atoms with E-state index in [-0.39, 0.29) is 24.0 Å². The second-order valence-electron chi connectivity index (χ2n) is 4.65. The molecule has 0 aromatic heterocycles. The zero-order valence-electron chi connectivity index (χ0n) is 11.0. The average molecular weight is 292 g/mol. The normalized spacial score (nSPS) is 21.2. The maximum absolute atomic E-state index is 12.0. The first kappa shape index (κ1) is 15.9. The minimum atomic E-state index is -3.14. The number of amides is 1. The molecule has 1 saturated heterocycles. The number of hydrogen-bond acceptors (Lipinski definition) is 5. The number of sulfone groups is 1. The third kappa shape index (κ3) is 5.15. The highest BCUT2D eigenvalue weighted by Crippen LogP contribution is 2.17. The molecule has 1 amide bonds. The summed E-state index contributed by atoms with van der Waals surface area (Å²) in [6, 6.07) is -0.517. The van der Waals surface area contributed by atoms with Crippen LogP contribution in [0.4, 0.5) is 0 Å². The van der Waals surface area contributed by atoms with Gasteiger partial charge in [-0.25, -0.2) is 8.42 Å². The number of carbonyl (C=O) groups is 2. The van der Waals surface area contributed by atoms with E-state index in [2.05, 4.69) is 5.32 Å². The van der Waals surface area contributed by atoms with Gasteiger partial charge in [0.15, 0.2) is 9.84 Å². The smallest absolute Gasteiger partial charge is 0.323 e. The topological polar surface area (TPSA) is 104 Å². The van der Waals surface area contributed by atoms with Crippen LogP contribution in [0.3, 0.4) is 0 Å². The molecule has 0 aromatic rings. The number of carboxylic acid groups (broad SMARTS) is 1. The second kappa shape index (κ2) is 6.85. The van der Waals surface area contributed by atoms with E-state index in [0.717, 1.165) is 11.3 Å². The molecule has 0 radical (unpaired) electrons. The number of hydrogen-bond donors (Lipinski definition) is 2. The highest BCUT2D eigenvalue weighted by atomic mass is 32.2. The van der Waals surface area contributed by atoms with Crippen LogP contribution in [-0.4, -0.2) is 67.5 Å². The fourth-order valence-corrected chi connectivity index (χ4v) is 3.79. The first-order valence-corrected chi connectivity index (χ1v) is 8.10. The Morgan fingerprint density at radius 3 is 2.58 bits per heavy atom. The van der Waals surface area contributed by atoms with Gasteiger partial charge >= 0.3 is 5.97 Å². The van der Waals surface area contributed by atoms with E-state index in [1.807, 2.05) is 6.92 Å². The van der Waals surface area contributed by atoms with Gasteiger partial charge in [-0.15, -0.1) is 0 Å². The summed E-state index contributed by atoms with van der Waals surface area (Å²) in [5, 5.41) is 11.7. The largest absolute Gasteiger partial charge is 0.480 e. The molecule has 1 aliphatic heterocycles. The van der Waals surface area contributed by atoms with Crippen LogP contribution in [0.15, 0.2) is 0 Å². The molecule has 0 aliphatic carbocycles.